The molecule has 312 valence electrons. The first-order chi connectivity index (χ1) is 26.9. The molecule has 21 heteroatoms. The number of hydrogen-bond donors (Lipinski definition) is 4. The van der Waals surface area contributed by atoms with E-state index in [4.69, 9.17) is 8.37 Å². The van der Waals surface area contributed by atoms with Crippen LogP contribution in [0.1, 0.15) is 53.4 Å². The third-order valence-corrected chi connectivity index (χ3v) is 10.0. The van der Waals surface area contributed by atoms with Gasteiger partial charge in [0, 0.05) is 24.8 Å². The molecule has 2 aliphatic heterocycles. The predicted octanol–water partition coefficient (Wildman–Crippen LogP) is 3.29. The lowest BCUT2D eigenvalue weighted by atomic mass is 10.0. The van der Waals surface area contributed by atoms with E-state index in [2.05, 4.69) is 30.7 Å². The Morgan fingerprint density at radius 2 is 1.21 bits per heavy atom. The Kier molecular flexibility index (Phi) is 14.6. The molecule has 0 saturated carbocycles. The zero-order valence-electron chi connectivity index (χ0n) is 32.1. The van der Waals surface area contributed by atoms with Crippen LogP contribution in [0.3, 0.4) is 0 Å². The predicted molar refractivity (Wildman–Crippen MR) is 198 cm³/mol. The van der Waals surface area contributed by atoms with Crippen molar-refractivity contribution in [3.8, 4) is 11.5 Å². The Labute approximate surface area is 328 Å². The highest BCUT2D eigenvalue weighted by molar-refractivity contribution is 7.82. The van der Waals surface area contributed by atoms with E-state index in [0.29, 0.717) is 12.8 Å². The second-order valence-corrected chi connectivity index (χ2v) is 15.1. The summed E-state index contributed by atoms with van der Waals surface area (Å²) in [6, 6.07) is 1.93. The standard InChI is InChI=1S/C36H46F2N6O12S/c1-19(2)29(41-35(49)53-5)33(47)43-16-8-11-24(43)31(45)39-21-14-15-22(37)27(18-21)56-57(51,52)55-26-13-7-10-23(28(26)38)40-32(46)25-12-9-17-44(25)34(48)30(20(3)4)42-36(50)54-6/h7,10,13-15,18-20,24-25,29-30H,8-9,11-12,16-17H2,1-6H3,(H,39,45)(H,40,46)(H,41,49)(H,42,50)/t24-,25-,29+,30+/m0/s1. The molecule has 2 fully saturated rings. The van der Waals surface area contributed by atoms with E-state index in [1.54, 1.807) is 27.7 Å². The average molecular weight is 825 g/mol. The van der Waals surface area contributed by atoms with E-state index in [1.807, 2.05) is 0 Å². The van der Waals surface area contributed by atoms with Gasteiger partial charge in [0.1, 0.15) is 24.2 Å². The third kappa shape index (κ3) is 11.0. The van der Waals surface area contributed by atoms with Crippen molar-refractivity contribution in [1.29, 1.82) is 0 Å². The van der Waals surface area contributed by atoms with Gasteiger partial charge in [-0.25, -0.2) is 18.4 Å². The molecule has 2 heterocycles. The number of nitrogens with zero attached hydrogens (tertiary/aromatic N) is 2. The van der Waals surface area contributed by atoms with Gasteiger partial charge in [-0.2, -0.15) is 0 Å². The normalized spacial score (nSPS) is 17.7. The van der Waals surface area contributed by atoms with Crippen molar-refractivity contribution in [3.05, 3.63) is 48.0 Å². The molecule has 18 nitrogen and oxygen atoms in total. The first-order valence-corrected chi connectivity index (χ1v) is 19.3. The molecule has 4 N–H and O–H groups in total. The zero-order valence-corrected chi connectivity index (χ0v) is 32.9. The molecule has 0 unspecified atom stereocenters. The maximum atomic E-state index is 15.6. The highest BCUT2D eigenvalue weighted by Crippen LogP contribution is 2.30. The Morgan fingerprint density at radius 3 is 1.70 bits per heavy atom. The number of hydrogen-bond acceptors (Lipinski definition) is 12. The van der Waals surface area contributed by atoms with Crippen molar-refractivity contribution in [3.63, 3.8) is 0 Å². The van der Waals surface area contributed by atoms with Crippen LogP contribution >= 0.6 is 0 Å². The minimum absolute atomic E-state index is 0.116. The van der Waals surface area contributed by atoms with Crippen molar-refractivity contribution >= 4 is 57.6 Å². The number of amides is 6. The number of rotatable bonds is 14. The van der Waals surface area contributed by atoms with Gasteiger partial charge >= 0.3 is 22.6 Å². The minimum atomic E-state index is -5.26. The van der Waals surface area contributed by atoms with Crippen molar-refractivity contribution in [2.24, 2.45) is 11.8 Å². The van der Waals surface area contributed by atoms with Crippen molar-refractivity contribution in [1.82, 2.24) is 20.4 Å². The minimum Gasteiger partial charge on any atom is -0.453 e. The summed E-state index contributed by atoms with van der Waals surface area (Å²) in [5.74, 6) is -7.63. The molecule has 0 bridgehead atoms. The molecule has 0 spiro atoms. The Hall–Kier alpha value is -5.73. The second-order valence-electron chi connectivity index (χ2n) is 13.9. The SMILES string of the molecule is COC(=O)N[C@@H](C(=O)N1CCC[C@H]1C(=O)Nc1ccc(F)c(OS(=O)(=O)Oc2cccc(NC(=O)[C@@H]3CCCN3C(=O)[C@H](NC(=O)OC)C(C)C)c2F)c1)C(C)C. The number of halogens is 2. The smallest absolute Gasteiger partial charge is 0.453 e. The number of carbonyl (C=O) groups is 6. The van der Waals surface area contributed by atoms with Gasteiger partial charge in [-0.15, -0.1) is 8.42 Å². The molecule has 0 radical (unpaired) electrons. The maximum absolute atomic E-state index is 15.6. The van der Waals surface area contributed by atoms with E-state index < -0.39 is 99.2 Å². The van der Waals surface area contributed by atoms with Crippen molar-refractivity contribution in [2.75, 3.05) is 37.9 Å². The Balaban J connectivity index is 1.44. The van der Waals surface area contributed by atoms with Gasteiger partial charge in [-0.1, -0.05) is 33.8 Å². The highest BCUT2D eigenvalue weighted by atomic mass is 32.3. The molecule has 4 rings (SSSR count). The van der Waals surface area contributed by atoms with Crippen LogP contribution in [-0.2, 0) is 39.1 Å². The monoisotopic (exact) mass is 824 g/mol. The van der Waals surface area contributed by atoms with E-state index in [1.165, 1.54) is 15.9 Å². The Bertz CT molecular complexity index is 1960. The lowest BCUT2D eigenvalue weighted by Gasteiger charge is -2.30. The molecule has 2 aromatic carbocycles. The van der Waals surface area contributed by atoms with Crippen molar-refractivity contribution < 1.29 is 63.8 Å². The zero-order chi connectivity index (χ0) is 42.2. The first-order valence-electron chi connectivity index (χ1n) is 18.0. The largest absolute Gasteiger partial charge is 0.501 e. The first kappa shape index (κ1) is 44.0. The summed E-state index contributed by atoms with van der Waals surface area (Å²) >= 11 is 0. The summed E-state index contributed by atoms with van der Waals surface area (Å²) in [4.78, 5) is 79.5. The topological polar surface area (TPSA) is 228 Å². The molecule has 2 aromatic rings. The molecule has 0 aromatic heterocycles. The van der Waals surface area contributed by atoms with Crippen LogP contribution < -0.4 is 29.6 Å². The molecule has 6 amide bonds. The van der Waals surface area contributed by atoms with E-state index >= 15 is 4.39 Å². The fraction of sp³-hybridized carbons (Fsp3) is 0.500. The fourth-order valence-corrected chi connectivity index (χ4v) is 7.09. The van der Waals surface area contributed by atoms with Crippen LogP contribution in [0, 0.1) is 23.5 Å². The third-order valence-electron chi connectivity index (χ3n) is 9.26. The molecule has 0 aliphatic carbocycles. The van der Waals surface area contributed by atoms with Crippen LogP contribution in [0.5, 0.6) is 11.5 Å². The summed E-state index contributed by atoms with van der Waals surface area (Å²) in [6.45, 7) is 7.19. The summed E-state index contributed by atoms with van der Waals surface area (Å²) in [7, 11) is -2.97. The highest BCUT2D eigenvalue weighted by Gasteiger charge is 2.40. The molecule has 57 heavy (non-hydrogen) atoms. The van der Waals surface area contributed by atoms with Gasteiger partial charge < -0.3 is 48.9 Å². The lowest BCUT2D eigenvalue weighted by molar-refractivity contribution is -0.139. The van der Waals surface area contributed by atoms with E-state index in [9.17, 15) is 41.6 Å². The van der Waals surface area contributed by atoms with Gasteiger partial charge in [0.2, 0.25) is 23.6 Å². The van der Waals surface area contributed by atoms with Gasteiger partial charge in [0.15, 0.2) is 23.1 Å². The maximum Gasteiger partial charge on any atom is 0.501 e. The fourth-order valence-electron chi connectivity index (χ4n) is 6.36. The summed E-state index contributed by atoms with van der Waals surface area (Å²) in [5.41, 5.74) is -0.619. The molecular weight excluding hydrogens is 778 g/mol. The van der Waals surface area contributed by atoms with Gasteiger partial charge in [0.05, 0.1) is 19.9 Å². The van der Waals surface area contributed by atoms with Crippen molar-refractivity contribution in [2.45, 2.75) is 77.5 Å². The van der Waals surface area contributed by atoms with Crippen LogP contribution in [-0.4, -0.2) is 106 Å². The van der Waals surface area contributed by atoms with Crippen LogP contribution in [0.15, 0.2) is 36.4 Å². The number of alkyl carbamates (subject to hydrolysis) is 2. The van der Waals surface area contributed by atoms with Crippen LogP contribution in [0.25, 0.3) is 0 Å². The molecule has 4 atom stereocenters. The average Bonchev–Trinajstić information content (AvgIpc) is 3.86. The lowest BCUT2D eigenvalue weighted by Crippen LogP contribution is -2.54. The van der Waals surface area contributed by atoms with Crippen LogP contribution in [0.4, 0.5) is 29.7 Å². The number of ether oxygens (including phenoxy) is 2. The number of benzene rings is 2. The second kappa shape index (κ2) is 18.9. The quantitative estimate of drug-likeness (QED) is 0.215. The number of methoxy groups -OCH3 is 2. The number of nitrogens with one attached hydrogen (secondary N) is 4. The molecule has 2 saturated heterocycles. The molecule has 2 aliphatic rings. The van der Waals surface area contributed by atoms with E-state index in [-0.39, 0.29) is 43.5 Å². The van der Waals surface area contributed by atoms with Gasteiger partial charge in [0.25, 0.3) is 0 Å². The number of likely N-dealkylation sites (tertiary alicyclic amines) is 2. The Morgan fingerprint density at radius 1 is 0.719 bits per heavy atom. The van der Waals surface area contributed by atoms with E-state index in [0.717, 1.165) is 44.6 Å². The summed E-state index contributed by atoms with van der Waals surface area (Å²) in [6.07, 6.45) is -0.274. The van der Waals surface area contributed by atoms with Gasteiger partial charge in [-0.05, 0) is 61.8 Å². The number of anilines is 2. The number of carbonyl (C=O) groups excluding carboxylic acids is 6. The van der Waals surface area contributed by atoms with Crippen LogP contribution in [0.2, 0.25) is 0 Å². The molecular formula is C36H46F2N6O12S. The summed E-state index contributed by atoms with van der Waals surface area (Å²) < 4.78 is 75.0. The summed E-state index contributed by atoms with van der Waals surface area (Å²) in [5, 5.41) is 9.77. The van der Waals surface area contributed by atoms with Gasteiger partial charge in [-0.3, -0.25) is 19.2 Å².